The Kier molecular flexibility index (Phi) is 9.53. The van der Waals surface area contributed by atoms with Crippen molar-refractivity contribution in [2.24, 2.45) is 23.2 Å². The molecule has 0 unspecified atom stereocenters. The summed E-state index contributed by atoms with van der Waals surface area (Å²) in [5.41, 5.74) is 3.70. The fourth-order valence-electron chi connectivity index (χ4n) is 7.37. The average molecular weight is 531 g/mol. The van der Waals surface area contributed by atoms with E-state index >= 15 is 0 Å². The number of allylic oxidation sites excluding steroid dienone is 3. The van der Waals surface area contributed by atoms with Gasteiger partial charge in [-0.2, -0.15) is 0 Å². The SMILES string of the molecule is C=C1/C(=C\C=C2\CCC[C@]3(C)[C@@H]([C@H](C)CCCC(C)(C)O)CC[C@@H]23)C[C@@H](O)C[C@@H]1O[Si](C)(C)C(C)(C)C. The van der Waals surface area contributed by atoms with Gasteiger partial charge in [-0.1, -0.05) is 71.8 Å². The Labute approximate surface area is 230 Å². The van der Waals surface area contributed by atoms with Gasteiger partial charge in [-0.05, 0) is 111 Å². The molecule has 0 saturated heterocycles. The lowest BCUT2D eigenvalue weighted by molar-refractivity contribution is 0.0596. The molecule has 0 heterocycles. The van der Waals surface area contributed by atoms with Gasteiger partial charge in [-0.3, -0.25) is 0 Å². The quantitative estimate of drug-likeness (QED) is 0.308. The lowest BCUT2D eigenvalue weighted by Crippen LogP contribution is -2.46. The Hall–Kier alpha value is -0.683. The van der Waals surface area contributed by atoms with E-state index in [0.29, 0.717) is 30.1 Å². The first kappa shape index (κ1) is 30.9. The van der Waals surface area contributed by atoms with Gasteiger partial charge in [0.05, 0.1) is 17.8 Å². The summed E-state index contributed by atoms with van der Waals surface area (Å²) in [4.78, 5) is 0. The van der Waals surface area contributed by atoms with Crippen molar-refractivity contribution in [2.45, 2.75) is 149 Å². The van der Waals surface area contributed by atoms with Crippen LogP contribution in [0.2, 0.25) is 18.1 Å². The van der Waals surface area contributed by atoms with E-state index in [2.05, 4.69) is 66.4 Å². The summed E-state index contributed by atoms with van der Waals surface area (Å²) in [6.07, 6.45) is 15.2. The van der Waals surface area contributed by atoms with Crippen molar-refractivity contribution in [3.05, 3.63) is 35.5 Å². The zero-order valence-electron chi connectivity index (χ0n) is 25.6. The van der Waals surface area contributed by atoms with Crippen LogP contribution in [0.4, 0.5) is 0 Å². The minimum Gasteiger partial charge on any atom is -0.410 e. The van der Waals surface area contributed by atoms with Gasteiger partial charge < -0.3 is 14.6 Å². The minimum absolute atomic E-state index is 0.0773. The van der Waals surface area contributed by atoms with Crippen molar-refractivity contribution < 1.29 is 14.6 Å². The average Bonchev–Trinajstić information content (AvgIpc) is 3.10. The Morgan fingerprint density at radius 3 is 2.46 bits per heavy atom. The van der Waals surface area contributed by atoms with Crippen molar-refractivity contribution in [1.82, 2.24) is 0 Å². The van der Waals surface area contributed by atoms with Crippen LogP contribution in [0.25, 0.3) is 0 Å². The molecule has 212 valence electrons. The molecule has 0 aromatic rings. The lowest BCUT2D eigenvalue weighted by Gasteiger charge is -2.44. The van der Waals surface area contributed by atoms with Crippen LogP contribution >= 0.6 is 0 Å². The maximum Gasteiger partial charge on any atom is 0.192 e. The van der Waals surface area contributed by atoms with Gasteiger partial charge in [0.15, 0.2) is 8.32 Å². The highest BCUT2D eigenvalue weighted by Crippen LogP contribution is 2.60. The smallest absolute Gasteiger partial charge is 0.192 e. The van der Waals surface area contributed by atoms with Crippen LogP contribution in [0.5, 0.6) is 0 Å². The predicted octanol–water partition coefficient (Wildman–Crippen LogP) is 8.73. The molecular weight excluding hydrogens is 472 g/mol. The van der Waals surface area contributed by atoms with E-state index in [1.807, 2.05) is 13.8 Å². The number of hydrogen-bond acceptors (Lipinski definition) is 3. The predicted molar refractivity (Wildman–Crippen MR) is 160 cm³/mol. The highest BCUT2D eigenvalue weighted by atomic mass is 28.4. The van der Waals surface area contributed by atoms with Crippen molar-refractivity contribution >= 4 is 8.32 Å². The third kappa shape index (κ3) is 7.29. The third-order valence-electron chi connectivity index (χ3n) is 10.7. The second-order valence-electron chi connectivity index (χ2n) is 15.2. The number of aliphatic hydroxyl groups is 2. The molecule has 0 radical (unpaired) electrons. The van der Waals surface area contributed by atoms with E-state index in [1.165, 1.54) is 44.1 Å². The normalized spacial score (nSPS) is 34.7. The monoisotopic (exact) mass is 530 g/mol. The molecule has 0 amide bonds. The number of rotatable bonds is 8. The van der Waals surface area contributed by atoms with Crippen LogP contribution in [-0.2, 0) is 4.43 Å². The maximum atomic E-state index is 10.7. The van der Waals surface area contributed by atoms with Gasteiger partial charge in [0.25, 0.3) is 0 Å². The maximum absolute atomic E-state index is 10.7. The second-order valence-corrected chi connectivity index (χ2v) is 20.0. The van der Waals surface area contributed by atoms with Gasteiger partial charge in [0.1, 0.15) is 0 Å². The highest BCUT2D eigenvalue weighted by molar-refractivity contribution is 6.74. The van der Waals surface area contributed by atoms with Crippen molar-refractivity contribution in [3.8, 4) is 0 Å². The highest BCUT2D eigenvalue weighted by Gasteiger charge is 2.50. The molecule has 3 fully saturated rings. The largest absolute Gasteiger partial charge is 0.410 e. The zero-order valence-corrected chi connectivity index (χ0v) is 26.6. The summed E-state index contributed by atoms with van der Waals surface area (Å²) in [5.74, 6) is 2.14. The van der Waals surface area contributed by atoms with E-state index < -0.39 is 13.9 Å². The number of aliphatic hydroxyl groups excluding tert-OH is 1. The Balaban J connectivity index is 1.73. The molecule has 3 aliphatic carbocycles. The fourth-order valence-corrected chi connectivity index (χ4v) is 8.67. The Morgan fingerprint density at radius 2 is 1.84 bits per heavy atom. The second kappa shape index (κ2) is 11.4. The Bertz CT molecular complexity index is 871. The van der Waals surface area contributed by atoms with Crippen LogP contribution in [0.15, 0.2) is 35.5 Å². The van der Waals surface area contributed by atoms with Crippen molar-refractivity contribution in [3.63, 3.8) is 0 Å². The molecule has 0 aromatic heterocycles. The molecule has 3 saturated carbocycles. The molecule has 0 bridgehead atoms. The molecule has 0 aliphatic heterocycles. The van der Waals surface area contributed by atoms with Gasteiger partial charge in [0.2, 0.25) is 0 Å². The molecule has 0 aromatic carbocycles. The summed E-state index contributed by atoms with van der Waals surface area (Å²) in [5, 5.41) is 21.0. The molecular formula is C33H58O3Si. The molecule has 4 heteroatoms. The lowest BCUT2D eigenvalue weighted by atomic mass is 9.60. The first-order valence-electron chi connectivity index (χ1n) is 15.1. The minimum atomic E-state index is -1.94. The van der Waals surface area contributed by atoms with Gasteiger partial charge in [-0.25, -0.2) is 0 Å². The fraction of sp³-hybridized carbons (Fsp3) is 0.818. The molecule has 3 rings (SSSR count). The molecule has 37 heavy (non-hydrogen) atoms. The standard InChI is InChI=1S/C33H58O3Si/c1-23(13-11-19-32(6,7)35)28-17-18-29-25(14-12-20-33(28,29)8)15-16-26-21-27(34)22-30(24(26)2)36-37(9,10)31(3,4)5/h15-16,23,27-30,34-35H,2,11-14,17-22H2,1,3-10H3/b25-15-,26-16-/t23-,27-,28-,29+,30+,33-/m1/s1. The van der Waals surface area contributed by atoms with Gasteiger partial charge in [-0.15, -0.1) is 0 Å². The van der Waals surface area contributed by atoms with Gasteiger partial charge >= 0.3 is 0 Å². The van der Waals surface area contributed by atoms with E-state index in [-0.39, 0.29) is 17.2 Å². The van der Waals surface area contributed by atoms with Crippen molar-refractivity contribution in [1.29, 1.82) is 0 Å². The van der Waals surface area contributed by atoms with E-state index in [4.69, 9.17) is 4.43 Å². The van der Waals surface area contributed by atoms with Crippen LogP contribution in [-0.4, -0.2) is 36.3 Å². The van der Waals surface area contributed by atoms with Crippen molar-refractivity contribution in [2.75, 3.05) is 0 Å². The van der Waals surface area contributed by atoms with Crippen LogP contribution in [0.1, 0.15) is 113 Å². The van der Waals surface area contributed by atoms with Crippen LogP contribution < -0.4 is 0 Å². The van der Waals surface area contributed by atoms with E-state index in [0.717, 1.165) is 24.3 Å². The zero-order chi connectivity index (χ0) is 27.8. The van der Waals surface area contributed by atoms with Crippen LogP contribution in [0, 0.1) is 23.2 Å². The summed E-state index contributed by atoms with van der Waals surface area (Å²) in [6, 6.07) is 0. The Morgan fingerprint density at radius 1 is 1.16 bits per heavy atom. The van der Waals surface area contributed by atoms with Gasteiger partial charge in [0, 0.05) is 6.42 Å². The molecule has 3 nitrogen and oxygen atoms in total. The van der Waals surface area contributed by atoms with Crippen LogP contribution in [0.3, 0.4) is 0 Å². The summed E-state index contributed by atoms with van der Waals surface area (Å²) < 4.78 is 6.73. The summed E-state index contributed by atoms with van der Waals surface area (Å²) in [7, 11) is -1.94. The van der Waals surface area contributed by atoms with E-state index in [9.17, 15) is 10.2 Å². The molecule has 3 aliphatic rings. The number of fused-ring (bicyclic) bond motifs is 1. The summed E-state index contributed by atoms with van der Waals surface area (Å²) >= 11 is 0. The van der Waals surface area contributed by atoms with E-state index in [1.54, 1.807) is 5.57 Å². The topological polar surface area (TPSA) is 49.7 Å². The number of hydrogen-bond donors (Lipinski definition) is 2. The summed E-state index contributed by atoms with van der Waals surface area (Å²) in [6.45, 7) is 24.7. The molecule has 0 spiro atoms. The third-order valence-corrected chi connectivity index (χ3v) is 15.1. The molecule has 6 atom stereocenters. The first-order chi connectivity index (χ1) is 16.9. The first-order valence-corrected chi connectivity index (χ1v) is 18.0. The molecule has 2 N–H and O–H groups in total.